The summed E-state index contributed by atoms with van der Waals surface area (Å²) in [6.07, 6.45) is 1.17. The predicted molar refractivity (Wildman–Crippen MR) is 84.5 cm³/mol. The maximum absolute atomic E-state index is 11.9. The Morgan fingerprint density at radius 2 is 2.00 bits per heavy atom. The van der Waals surface area contributed by atoms with Crippen LogP contribution in [0.5, 0.6) is 17.2 Å². The number of aromatic hydroxyl groups is 2. The summed E-state index contributed by atoms with van der Waals surface area (Å²) in [4.78, 5) is 21.9. The molecular formula is C15H13N3O6. The zero-order valence-electron chi connectivity index (χ0n) is 12.5. The van der Waals surface area contributed by atoms with E-state index in [0.717, 1.165) is 12.1 Å². The van der Waals surface area contributed by atoms with Crippen LogP contribution in [0.1, 0.15) is 15.9 Å². The van der Waals surface area contributed by atoms with E-state index in [1.165, 1.54) is 37.6 Å². The summed E-state index contributed by atoms with van der Waals surface area (Å²) in [5.74, 6) is -1.02. The molecule has 0 aliphatic rings. The van der Waals surface area contributed by atoms with Crippen LogP contribution in [0.15, 0.2) is 41.5 Å². The van der Waals surface area contributed by atoms with E-state index in [4.69, 9.17) is 4.74 Å². The van der Waals surface area contributed by atoms with E-state index in [2.05, 4.69) is 10.5 Å². The topological polar surface area (TPSA) is 134 Å². The Kier molecular flexibility index (Phi) is 4.95. The number of benzene rings is 2. The molecule has 0 saturated carbocycles. The number of nitro benzene ring substituents is 1. The Labute approximate surface area is 136 Å². The molecule has 0 fully saturated rings. The number of hydrazone groups is 1. The van der Waals surface area contributed by atoms with Crippen molar-refractivity contribution in [3.8, 4) is 17.2 Å². The number of ether oxygens (including phenoxy) is 1. The minimum atomic E-state index is -0.735. The zero-order valence-corrected chi connectivity index (χ0v) is 12.5. The Bertz CT molecular complexity index is 819. The van der Waals surface area contributed by atoms with Gasteiger partial charge >= 0.3 is 5.69 Å². The highest BCUT2D eigenvalue weighted by molar-refractivity contribution is 5.97. The van der Waals surface area contributed by atoms with Crippen LogP contribution in [0, 0.1) is 10.1 Å². The maximum Gasteiger partial charge on any atom is 0.311 e. The summed E-state index contributed by atoms with van der Waals surface area (Å²) in [5.41, 5.74) is 2.01. The number of carbonyl (C=O) groups is 1. The Hall–Kier alpha value is -3.62. The van der Waals surface area contributed by atoms with E-state index in [9.17, 15) is 25.1 Å². The van der Waals surface area contributed by atoms with Gasteiger partial charge in [-0.25, -0.2) is 5.43 Å². The summed E-state index contributed by atoms with van der Waals surface area (Å²) in [5, 5.41) is 33.5. The molecule has 0 aliphatic carbocycles. The van der Waals surface area contributed by atoms with Crippen molar-refractivity contribution in [3.63, 3.8) is 0 Å². The number of nitro groups is 1. The van der Waals surface area contributed by atoms with E-state index in [1.807, 2.05) is 0 Å². The average molecular weight is 331 g/mol. The van der Waals surface area contributed by atoms with Crippen molar-refractivity contribution in [3.05, 3.63) is 57.6 Å². The lowest BCUT2D eigenvalue weighted by Crippen LogP contribution is -2.17. The first kappa shape index (κ1) is 16.7. The number of rotatable bonds is 5. The number of methoxy groups -OCH3 is 1. The number of hydrogen-bond donors (Lipinski definition) is 3. The molecule has 0 atom stereocenters. The van der Waals surface area contributed by atoms with Gasteiger partial charge in [-0.2, -0.15) is 5.10 Å². The quantitative estimate of drug-likeness (QED) is 0.434. The number of hydrogen-bond acceptors (Lipinski definition) is 7. The van der Waals surface area contributed by atoms with Crippen molar-refractivity contribution in [1.29, 1.82) is 0 Å². The molecule has 2 aromatic carbocycles. The first-order valence-electron chi connectivity index (χ1n) is 6.60. The summed E-state index contributed by atoms with van der Waals surface area (Å²) >= 11 is 0. The number of nitrogens with one attached hydrogen (secondary N) is 1. The second kappa shape index (κ2) is 7.09. The van der Waals surface area contributed by atoms with Gasteiger partial charge in [0.15, 0.2) is 5.75 Å². The van der Waals surface area contributed by atoms with Gasteiger partial charge in [0.25, 0.3) is 5.91 Å². The molecule has 3 N–H and O–H groups in total. The molecule has 0 spiro atoms. The second-order valence-corrected chi connectivity index (χ2v) is 4.59. The largest absolute Gasteiger partial charge is 0.507 e. The van der Waals surface area contributed by atoms with E-state index in [1.54, 1.807) is 0 Å². The minimum absolute atomic E-state index is 0.00960. The molecule has 124 valence electrons. The van der Waals surface area contributed by atoms with Crippen molar-refractivity contribution in [2.75, 3.05) is 7.11 Å². The number of phenolic OH excluding ortho intramolecular Hbond substituents is 2. The Morgan fingerprint density at radius 1 is 1.25 bits per heavy atom. The van der Waals surface area contributed by atoms with Crippen LogP contribution in [0.4, 0.5) is 5.69 Å². The molecule has 0 saturated heterocycles. The van der Waals surface area contributed by atoms with Crippen molar-refractivity contribution in [2.24, 2.45) is 5.10 Å². The molecule has 0 heterocycles. The monoisotopic (exact) mass is 331 g/mol. The molecule has 0 unspecified atom stereocenters. The van der Waals surface area contributed by atoms with Gasteiger partial charge in [0.1, 0.15) is 11.5 Å². The van der Waals surface area contributed by atoms with Gasteiger partial charge in [-0.3, -0.25) is 14.9 Å². The van der Waals surface area contributed by atoms with Crippen molar-refractivity contribution < 1.29 is 24.7 Å². The minimum Gasteiger partial charge on any atom is -0.507 e. The number of carbonyl (C=O) groups excluding carboxylic acids is 1. The first-order chi connectivity index (χ1) is 11.4. The van der Waals surface area contributed by atoms with Gasteiger partial charge in [-0.05, 0) is 24.3 Å². The van der Waals surface area contributed by atoms with Gasteiger partial charge in [-0.1, -0.05) is 0 Å². The molecule has 2 rings (SSSR count). The summed E-state index contributed by atoms with van der Waals surface area (Å²) < 4.78 is 4.91. The SMILES string of the molecule is COc1ccc(C(=O)N/N=C\c2ccc(O)c([N+](=O)[O-])c2)c(O)c1. The highest BCUT2D eigenvalue weighted by Gasteiger charge is 2.13. The average Bonchev–Trinajstić information content (AvgIpc) is 2.55. The standard InChI is InChI=1S/C15H13N3O6/c1-24-10-3-4-11(14(20)7-10)15(21)17-16-8-9-2-5-13(19)12(6-9)18(22)23/h2-8,19-20H,1H3,(H,17,21)/b16-8-. The third-order valence-corrected chi connectivity index (χ3v) is 3.03. The number of nitrogens with zero attached hydrogens (tertiary/aromatic N) is 2. The van der Waals surface area contributed by atoms with Gasteiger partial charge in [-0.15, -0.1) is 0 Å². The predicted octanol–water partition coefficient (Wildman–Crippen LogP) is 1.78. The molecule has 0 aromatic heterocycles. The normalized spacial score (nSPS) is 10.5. The molecule has 2 aromatic rings. The highest BCUT2D eigenvalue weighted by atomic mass is 16.6. The lowest BCUT2D eigenvalue weighted by molar-refractivity contribution is -0.385. The van der Waals surface area contributed by atoms with Crippen LogP contribution in [0.25, 0.3) is 0 Å². The van der Waals surface area contributed by atoms with Crippen LogP contribution in [-0.4, -0.2) is 34.4 Å². The van der Waals surface area contributed by atoms with Crippen LogP contribution >= 0.6 is 0 Å². The molecule has 24 heavy (non-hydrogen) atoms. The van der Waals surface area contributed by atoms with E-state index in [-0.39, 0.29) is 11.3 Å². The van der Waals surface area contributed by atoms with Gasteiger partial charge < -0.3 is 14.9 Å². The Balaban J connectivity index is 2.10. The van der Waals surface area contributed by atoms with Gasteiger partial charge in [0, 0.05) is 17.7 Å². The third-order valence-electron chi connectivity index (χ3n) is 3.03. The number of amides is 1. The molecule has 0 aliphatic heterocycles. The summed E-state index contributed by atoms with van der Waals surface area (Å²) in [7, 11) is 1.43. The zero-order chi connectivity index (χ0) is 17.7. The van der Waals surface area contributed by atoms with Crippen LogP contribution < -0.4 is 10.2 Å². The van der Waals surface area contributed by atoms with Gasteiger partial charge in [0.05, 0.1) is 23.8 Å². The van der Waals surface area contributed by atoms with Gasteiger partial charge in [0.2, 0.25) is 0 Å². The lowest BCUT2D eigenvalue weighted by Gasteiger charge is -2.05. The van der Waals surface area contributed by atoms with Crippen molar-refractivity contribution in [1.82, 2.24) is 5.43 Å². The number of phenols is 2. The van der Waals surface area contributed by atoms with E-state index >= 15 is 0 Å². The van der Waals surface area contributed by atoms with Crippen LogP contribution in [0.3, 0.4) is 0 Å². The highest BCUT2D eigenvalue weighted by Crippen LogP contribution is 2.25. The van der Waals surface area contributed by atoms with E-state index in [0.29, 0.717) is 11.3 Å². The van der Waals surface area contributed by atoms with Crippen LogP contribution in [0.2, 0.25) is 0 Å². The molecular weight excluding hydrogens is 318 g/mol. The summed E-state index contributed by atoms with van der Waals surface area (Å²) in [6, 6.07) is 7.79. The molecule has 0 radical (unpaired) electrons. The smallest absolute Gasteiger partial charge is 0.311 e. The molecule has 9 nitrogen and oxygen atoms in total. The summed E-state index contributed by atoms with van der Waals surface area (Å²) in [6.45, 7) is 0. The lowest BCUT2D eigenvalue weighted by atomic mass is 10.2. The molecule has 9 heteroatoms. The first-order valence-corrected chi connectivity index (χ1v) is 6.60. The fourth-order valence-electron chi connectivity index (χ4n) is 1.82. The maximum atomic E-state index is 11.9. The van der Waals surface area contributed by atoms with Crippen molar-refractivity contribution >= 4 is 17.8 Å². The van der Waals surface area contributed by atoms with Crippen LogP contribution in [-0.2, 0) is 0 Å². The molecule has 1 amide bonds. The van der Waals surface area contributed by atoms with Crippen molar-refractivity contribution in [2.45, 2.75) is 0 Å². The van der Waals surface area contributed by atoms with E-state index < -0.39 is 22.3 Å². The fraction of sp³-hybridized carbons (Fsp3) is 0.0667. The third kappa shape index (κ3) is 3.77. The Morgan fingerprint density at radius 3 is 2.62 bits per heavy atom. The molecule has 0 bridgehead atoms. The second-order valence-electron chi connectivity index (χ2n) is 4.59. The fourth-order valence-corrected chi connectivity index (χ4v) is 1.82.